The molecule has 0 bridgehead atoms. The van der Waals surface area contributed by atoms with E-state index in [1.165, 1.54) is 116 Å². The molecule has 120 heavy (non-hydrogen) atoms. The lowest BCUT2D eigenvalue weighted by atomic mass is 9.93. The van der Waals surface area contributed by atoms with Gasteiger partial charge in [0, 0.05) is 59.3 Å². The highest BCUT2D eigenvalue weighted by atomic mass is 16.3. The largest absolute Gasteiger partial charge is 0.394 e. The van der Waals surface area contributed by atoms with Gasteiger partial charge in [0.1, 0.15) is 80.6 Å². The van der Waals surface area contributed by atoms with Gasteiger partial charge in [0.2, 0.25) is 100 Å². The lowest BCUT2D eigenvalue weighted by Gasteiger charge is -2.42. The fourth-order valence-corrected chi connectivity index (χ4v) is 14.1. The second kappa shape index (κ2) is 41.0. The summed E-state index contributed by atoms with van der Waals surface area (Å²) < 4.78 is 0. The molecule has 3 aliphatic heterocycles. The van der Waals surface area contributed by atoms with Gasteiger partial charge >= 0.3 is 0 Å². The van der Waals surface area contributed by atoms with E-state index in [1.54, 1.807) is 58.0 Å². The molecule has 0 aromatic heterocycles. The molecule has 3 fully saturated rings. The van der Waals surface area contributed by atoms with Crippen LogP contribution in [0.5, 0.6) is 0 Å². The Kier molecular flexibility index (Phi) is 34.2. The van der Waals surface area contributed by atoms with Crippen molar-refractivity contribution in [3.05, 3.63) is 71.8 Å². The number of aliphatic hydroxyl groups is 3. The molecule has 3 aliphatic rings. The average molecular weight is 1690 g/mol. The molecule has 0 aliphatic carbocycles. The number of likely N-dealkylation sites (tertiary alicyclic amines) is 3. The molecule has 10 unspecified atom stereocenters. The summed E-state index contributed by atoms with van der Waals surface area (Å²) in [6.45, 7) is 25.3. The summed E-state index contributed by atoms with van der Waals surface area (Å²) in [4.78, 5) is 242. The Labute approximate surface area is 701 Å². The minimum atomic E-state index is -1.91. The molecular weight excluding hydrogens is 1560 g/mol. The first-order valence-electron chi connectivity index (χ1n) is 40.7. The number of carbonyl (C=O) groups excluding carboxylic acids is 17. The summed E-state index contributed by atoms with van der Waals surface area (Å²) in [5, 5.41) is 63.8. The summed E-state index contributed by atoms with van der Waals surface area (Å²) in [5.41, 5.74) is -6.94. The van der Waals surface area contributed by atoms with Gasteiger partial charge in [0.05, 0.1) is 31.4 Å². The zero-order valence-corrected chi connectivity index (χ0v) is 73.0. The van der Waals surface area contributed by atoms with Crippen LogP contribution < -0.4 is 69.5 Å². The van der Waals surface area contributed by atoms with Crippen LogP contribution in [0.2, 0.25) is 0 Å². The minimum Gasteiger partial charge on any atom is -0.394 e. The van der Waals surface area contributed by atoms with Crippen molar-refractivity contribution in [3.63, 3.8) is 0 Å². The zero-order valence-electron chi connectivity index (χ0n) is 73.0. The molecule has 3 heterocycles. The quantitative estimate of drug-likeness (QED) is 0.0345. The molecule has 3 saturated heterocycles. The first-order chi connectivity index (χ1) is 55.4. The van der Waals surface area contributed by atoms with Crippen LogP contribution in [0.15, 0.2) is 60.7 Å². The van der Waals surface area contributed by atoms with Crippen molar-refractivity contribution in [1.29, 1.82) is 0 Å². The SMILES string of the molecule is CCC(C)(NC(=O)C(C)(C)NC(=O)C(C)(C)NC(=O)C(C)(C)NC(=O)C(Cc1ccccc1)NC(C)=O)C(=O)NCC(=O)NC(CC(C)C)C(=O)NC(C)(C)C(=O)NC(C)(C)C(=O)N1CC(O)CC1C(=O)NC(CCC(N)=O)C(=O)NC(C)(CC)C(=O)N1CC(O)CC1C(=O)N(C)C(C)(C)C(=O)N1CCCC1C(=O)N[C@@H](CO)Cc1ccccc1. The molecule has 11 atom stereocenters. The molecule has 0 saturated carbocycles. The minimum absolute atomic E-state index is 0.00843. The van der Waals surface area contributed by atoms with Crippen LogP contribution in [0.25, 0.3) is 0 Å². The smallest absolute Gasteiger partial charge is 0.248 e. The first kappa shape index (κ1) is 99.9. The van der Waals surface area contributed by atoms with Gasteiger partial charge in [0.25, 0.3) is 0 Å². The summed E-state index contributed by atoms with van der Waals surface area (Å²) in [6, 6.07) is 9.61. The number of aliphatic hydroxyl groups excluding tert-OH is 3. The predicted molar refractivity (Wildman–Crippen MR) is 440 cm³/mol. The predicted octanol–water partition coefficient (Wildman–Crippen LogP) is -1.95. The molecule has 37 nitrogen and oxygen atoms in total. The summed E-state index contributed by atoms with van der Waals surface area (Å²) in [5.74, 6) is -13.8. The Morgan fingerprint density at radius 3 is 1.43 bits per heavy atom. The third-order valence-corrected chi connectivity index (χ3v) is 22.3. The summed E-state index contributed by atoms with van der Waals surface area (Å²) >= 11 is 0. The number of nitrogens with two attached hydrogens (primary N) is 1. The van der Waals surface area contributed by atoms with E-state index >= 15 is 0 Å². The lowest BCUT2D eigenvalue weighted by Crippen LogP contribution is -2.68. The molecular formula is C83H129N17O20. The number of likely N-dealkylation sites (N-methyl/N-ethyl adjacent to an activating group) is 1. The second-order valence-electron chi connectivity index (χ2n) is 35.6. The lowest BCUT2D eigenvalue weighted by molar-refractivity contribution is -0.157. The topological polar surface area (TPSA) is 534 Å². The van der Waals surface area contributed by atoms with Gasteiger partial charge in [-0.15, -0.1) is 0 Å². The number of hydrogen-bond donors (Lipinski definition) is 16. The Hall–Kier alpha value is -10.7. The molecule has 17 N–H and O–H groups in total. The van der Waals surface area contributed by atoms with Crippen molar-refractivity contribution in [2.75, 3.05) is 39.8 Å². The van der Waals surface area contributed by atoms with E-state index in [0.717, 1.165) is 25.8 Å². The number of β-amino-alcohol motifs (C(OH)–C–C–N with tert-alkyl or cyclic N) is 2. The van der Waals surface area contributed by atoms with Crippen molar-refractivity contribution < 1.29 is 96.8 Å². The van der Waals surface area contributed by atoms with E-state index < -0.39 is 225 Å². The van der Waals surface area contributed by atoms with E-state index in [-0.39, 0.29) is 64.1 Å². The summed E-state index contributed by atoms with van der Waals surface area (Å²) in [6.07, 6.45) is -3.08. The number of amides is 17. The van der Waals surface area contributed by atoms with Crippen molar-refractivity contribution in [3.8, 4) is 0 Å². The van der Waals surface area contributed by atoms with E-state index in [0.29, 0.717) is 19.3 Å². The van der Waals surface area contributed by atoms with Crippen LogP contribution in [0.3, 0.4) is 0 Å². The fraction of sp³-hybridized carbons (Fsp3) is 0.651. The highest BCUT2D eigenvalue weighted by Crippen LogP contribution is 2.32. The van der Waals surface area contributed by atoms with Gasteiger partial charge in [-0.25, -0.2) is 0 Å². The monoisotopic (exact) mass is 1680 g/mol. The van der Waals surface area contributed by atoms with Gasteiger partial charge in [-0.3, -0.25) is 81.5 Å². The van der Waals surface area contributed by atoms with E-state index in [2.05, 4.69) is 63.8 Å². The third kappa shape index (κ3) is 26.4. The molecule has 666 valence electrons. The Balaban J connectivity index is 1.19. The Morgan fingerprint density at radius 1 is 0.500 bits per heavy atom. The van der Waals surface area contributed by atoms with Crippen molar-refractivity contribution >= 4 is 100 Å². The van der Waals surface area contributed by atoms with Gasteiger partial charge in [-0.05, 0) is 159 Å². The maximum absolute atomic E-state index is 14.9. The van der Waals surface area contributed by atoms with Crippen molar-refractivity contribution in [2.45, 2.75) is 301 Å². The van der Waals surface area contributed by atoms with Crippen LogP contribution >= 0.6 is 0 Å². The number of primary amides is 1. The van der Waals surface area contributed by atoms with Gasteiger partial charge in [-0.1, -0.05) is 88.4 Å². The number of benzene rings is 2. The number of nitrogens with zero attached hydrogens (tertiary/aromatic N) is 4. The Bertz CT molecular complexity index is 4120. The van der Waals surface area contributed by atoms with Crippen LogP contribution in [0, 0.1) is 5.92 Å². The highest BCUT2D eigenvalue weighted by Gasteiger charge is 2.53. The van der Waals surface area contributed by atoms with Gasteiger partial charge < -0.3 is 104 Å². The van der Waals surface area contributed by atoms with E-state index in [1.807, 2.05) is 30.3 Å². The molecule has 37 heteroatoms. The van der Waals surface area contributed by atoms with Crippen molar-refractivity contribution in [1.82, 2.24) is 83.4 Å². The van der Waals surface area contributed by atoms with Crippen molar-refractivity contribution in [2.24, 2.45) is 11.7 Å². The first-order valence-corrected chi connectivity index (χ1v) is 40.7. The van der Waals surface area contributed by atoms with Crippen LogP contribution in [0.1, 0.15) is 200 Å². The number of rotatable bonds is 40. The number of hydrogen-bond acceptors (Lipinski definition) is 20. The third-order valence-electron chi connectivity index (χ3n) is 22.3. The maximum atomic E-state index is 14.9. The fourth-order valence-electron chi connectivity index (χ4n) is 14.1. The second-order valence-corrected chi connectivity index (χ2v) is 35.6. The summed E-state index contributed by atoms with van der Waals surface area (Å²) in [7, 11) is 1.36. The Morgan fingerprint density at radius 2 is 0.950 bits per heavy atom. The molecule has 17 amide bonds. The molecule has 5 rings (SSSR count). The highest BCUT2D eigenvalue weighted by molar-refractivity contribution is 6.04. The normalized spacial score (nSPS) is 19.1. The van der Waals surface area contributed by atoms with Gasteiger partial charge in [0.15, 0.2) is 0 Å². The van der Waals surface area contributed by atoms with E-state index in [4.69, 9.17) is 5.73 Å². The molecule has 2 aromatic carbocycles. The maximum Gasteiger partial charge on any atom is 0.248 e. The van der Waals surface area contributed by atoms with E-state index in [9.17, 15) is 96.8 Å². The molecule has 2 aromatic rings. The van der Waals surface area contributed by atoms with Crippen LogP contribution in [0.4, 0.5) is 0 Å². The molecule has 0 spiro atoms. The van der Waals surface area contributed by atoms with Crippen LogP contribution in [-0.4, -0.2) is 274 Å². The number of nitrogens with one attached hydrogen (secondary N) is 12. The molecule has 0 radical (unpaired) electrons. The number of carbonyl (C=O) groups is 17. The standard InChI is InChI=1S/C83H129N17O20/c1-21-82(18,96-71(116)79(12,13)94-70(115)78(10,11)93-68(113)76(6,7)91-64(109)56(86-48(5)102)40-50-32-27-24-28-33-50)72(117)85-43-61(106)88-55(38-47(3)4)63(108)90-77(8,9)69(114)95-80(14,15)73(118)99-44-52(103)41-58(99)66(111)89-54(35-36-60(84)105)62(107)92-83(19,22-2)75(120)100-45-53(104)42-59(100)67(112)97(20)81(16,17)74(119)98-37-29-34-57(98)65(110)87-51(46-101)39-49-30-25-23-26-31-49/h23-28,30-33,47,51-59,101,103-104H,21-22,29,34-46H2,1-20H3,(H2,84,105)(H,85,117)(H,86,102)(H,87,110)(H,88,106)(H,89,111)(H,90,108)(H,91,109)(H,92,107)(H,93,113)(H,94,115)(H,95,114)(H,96,116)/t51-,52?,53?,54?,55?,56?,57?,58?,59?,82?,83?/m1/s1. The van der Waals surface area contributed by atoms with Gasteiger partial charge in [-0.2, -0.15) is 0 Å². The zero-order chi connectivity index (χ0) is 90.9. The van der Waals surface area contributed by atoms with Crippen LogP contribution in [-0.2, 0) is 94.3 Å². The average Bonchev–Trinajstić information content (AvgIpc) is 1.58.